The third-order valence-corrected chi connectivity index (χ3v) is 4.65. The largest absolute Gasteiger partial charge is 0.350 e. The van der Waals surface area contributed by atoms with E-state index in [1.165, 1.54) is 23.1 Å². The predicted molar refractivity (Wildman–Crippen MR) is 84.7 cm³/mol. The molecule has 0 spiro atoms. The number of nitrogens with one attached hydrogen (secondary N) is 1. The van der Waals surface area contributed by atoms with Crippen molar-refractivity contribution in [2.45, 2.75) is 38.0 Å². The van der Waals surface area contributed by atoms with Gasteiger partial charge in [0.25, 0.3) is 0 Å². The van der Waals surface area contributed by atoms with Gasteiger partial charge in [0.05, 0.1) is 22.2 Å². The summed E-state index contributed by atoms with van der Waals surface area (Å²) in [6.45, 7) is 6.51. The van der Waals surface area contributed by atoms with E-state index in [0.29, 0.717) is 11.7 Å². The van der Waals surface area contributed by atoms with Gasteiger partial charge in [0, 0.05) is 4.88 Å². The van der Waals surface area contributed by atoms with Gasteiger partial charge >= 0.3 is 0 Å². The van der Waals surface area contributed by atoms with Crippen molar-refractivity contribution in [1.29, 1.82) is 0 Å². The molecule has 0 bridgehead atoms. The van der Waals surface area contributed by atoms with Crippen LogP contribution in [0.5, 0.6) is 0 Å². The van der Waals surface area contributed by atoms with Crippen molar-refractivity contribution >= 4 is 40.6 Å². The highest BCUT2D eigenvalue weighted by Gasteiger charge is 2.20. The molecule has 0 atom stereocenters. The number of thioether (sulfide) groups is 1. The van der Waals surface area contributed by atoms with Gasteiger partial charge in [-0.15, -0.1) is 16.4 Å². The van der Waals surface area contributed by atoms with E-state index in [4.69, 9.17) is 11.6 Å². The van der Waals surface area contributed by atoms with Gasteiger partial charge in [-0.2, -0.15) is 0 Å². The number of carbonyl (C=O) groups is 1. The minimum Gasteiger partial charge on any atom is -0.350 e. The summed E-state index contributed by atoms with van der Waals surface area (Å²) in [4.78, 5) is 12.9. The van der Waals surface area contributed by atoms with E-state index >= 15 is 0 Å². The van der Waals surface area contributed by atoms with Crippen molar-refractivity contribution in [3.05, 3.63) is 21.3 Å². The van der Waals surface area contributed by atoms with E-state index < -0.39 is 0 Å². The molecule has 0 saturated heterocycles. The molecule has 0 unspecified atom stereocenters. The van der Waals surface area contributed by atoms with E-state index in [1.54, 1.807) is 4.68 Å². The maximum Gasteiger partial charge on any atom is 0.230 e. The van der Waals surface area contributed by atoms with Gasteiger partial charge in [-0.1, -0.05) is 23.4 Å². The lowest BCUT2D eigenvalue weighted by Gasteiger charge is -2.19. The molecule has 6 nitrogen and oxygen atoms in total. The average Bonchev–Trinajstić information content (AvgIpc) is 3.01. The lowest BCUT2D eigenvalue weighted by molar-refractivity contribution is -0.118. The first-order valence-corrected chi connectivity index (χ1v) is 8.47. The van der Waals surface area contributed by atoms with E-state index in [9.17, 15) is 4.79 Å². The van der Waals surface area contributed by atoms with Crippen LogP contribution in [0.25, 0.3) is 0 Å². The zero-order valence-electron chi connectivity index (χ0n) is 12.0. The van der Waals surface area contributed by atoms with Gasteiger partial charge in [0.1, 0.15) is 0 Å². The van der Waals surface area contributed by atoms with E-state index in [0.717, 1.165) is 9.21 Å². The zero-order valence-corrected chi connectivity index (χ0v) is 14.3. The summed E-state index contributed by atoms with van der Waals surface area (Å²) in [5.41, 5.74) is -0.212. The Kier molecular flexibility index (Phi) is 5.23. The second-order valence-corrected chi connectivity index (χ2v) is 8.06. The molecular formula is C12H16ClN5OS2. The van der Waals surface area contributed by atoms with Gasteiger partial charge in [-0.05, 0) is 43.3 Å². The van der Waals surface area contributed by atoms with Crippen molar-refractivity contribution in [2.24, 2.45) is 0 Å². The molecule has 0 aromatic carbocycles. The van der Waals surface area contributed by atoms with Crippen LogP contribution in [-0.4, -0.2) is 31.9 Å². The third-order valence-electron chi connectivity index (χ3n) is 2.50. The third kappa shape index (κ3) is 4.69. The number of carbonyl (C=O) groups excluding carboxylic acids is 1. The standard InChI is InChI=1S/C12H16ClN5OS2/c1-12(2,3)18-11(15-16-17-18)20-7-10(19)14-6-8-4-5-9(13)21-8/h4-5H,6-7H2,1-3H3,(H,14,19). The van der Waals surface area contributed by atoms with Gasteiger partial charge in [-0.3, -0.25) is 4.79 Å². The molecule has 9 heteroatoms. The summed E-state index contributed by atoms with van der Waals surface area (Å²) >= 11 is 8.62. The summed E-state index contributed by atoms with van der Waals surface area (Å²) in [6.07, 6.45) is 0. The highest BCUT2D eigenvalue weighted by molar-refractivity contribution is 7.99. The molecule has 0 radical (unpaired) electrons. The summed E-state index contributed by atoms with van der Waals surface area (Å²) in [5.74, 6) is 0.211. The number of aromatic nitrogens is 4. The van der Waals surface area contributed by atoms with Crippen molar-refractivity contribution in [1.82, 2.24) is 25.5 Å². The van der Waals surface area contributed by atoms with Crippen LogP contribution in [0, 0.1) is 0 Å². The Labute approximate surface area is 136 Å². The molecule has 0 fully saturated rings. The molecule has 0 aliphatic rings. The van der Waals surface area contributed by atoms with Crippen LogP contribution in [0.4, 0.5) is 0 Å². The second kappa shape index (κ2) is 6.76. The minimum atomic E-state index is -0.212. The molecule has 1 N–H and O–H groups in total. The number of rotatable bonds is 5. The Morgan fingerprint density at radius 3 is 2.86 bits per heavy atom. The maximum absolute atomic E-state index is 11.8. The minimum absolute atomic E-state index is 0.0621. The number of amides is 1. The van der Waals surface area contributed by atoms with Crippen molar-refractivity contribution < 1.29 is 4.79 Å². The second-order valence-electron chi connectivity index (χ2n) is 5.32. The number of hydrogen-bond acceptors (Lipinski definition) is 6. The van der Waals surface area contributed by atoms with E-state index in [-0.39, 0.29) is 17.2 Å². The quantitative estimate of drug-likeness (QED) is 0.843. The summed E-state index contributed by atoms with van der Waals surface area (Å²) < 4.78 is 2.43. The molecule has 0 saturated carbocycles. The molecule has 0 aliphatic carbocycles. The van der Waals surface area contributed by atoms with Crippen LogP contribution in [0.2, 0.25) is 4.34 Å². The summed E-state index contributed by atoms with van der Waals surface area (Å²) in [7, 11) is 0. The monoisotopic (exact) mass is 345 g/mol. The maximum atomic E-state index is 11.8. The van der Waals surface area contributed by atoms with Crippen LogP contribution < -0.4 is 5.32 Å². The molecular weight excluding hydrogens is 330 g/mol. The first-order chi connectivity index (χ1) is 9.86. The van der Waals surface area contributed by atoms with Crippen LogP contribution in [0.15, 0.2) is 17.3 Å². The lowest BCUT2D eigenvalue weighted by atomic mass is 10.1. The smallest absolute Gasteiger partial charge is 0.230 e. The van der Waals surface area contributed by atoms with Gasteiger partial charge in [0.15, 0.2) is 0 Å². The topological polar surface area (TPSA) is 72.7 Å². The lowest BCUT2D eigenvalue weighted by Crippen LogP contribution is -2.26. The first-order valence-electron chi connectivity index (χ1n) is 6.29. The predicted octanol–water partition coefficient (Wildman–Crippen LogP) is 2.55. The SMILES string of the molecule is CC(C)(C)n1nnnc1SCC(=O)NCc1ccc(Cl)s1. The average molecular weight is 346 g/mol. The molecule has 0 aliphatic heterocycles. The Morgan fingerprint density at radius 1 is 1.48 bits per heavy atom. The fourth-order valence-electron chi connectivity index (χ4n) is 1.50. The molecule has 21 heavy (non-hydrogen) atoms. The number of halogens is 1. The number of hydrogen-bond donors (Lipinski definition) is 1. The van der Waals surface area contributed by atoms with Crippen LogP contribution >= 0.6 is 34.7 Å². The Hall–Kier alpha value is -1.12. The van der Waals surface area contributed by atoms with Crippen molar-refractivity contribution in [3.63, 3.8) is 0 Å². The van der Waals surface area contributed by atoms with E-state index in [1.807, 2.05) is 32.9 Å². The van der Waals surface area contributed by atoms with Gasteiger partial charge < -0.3 is 5.32 Å². The molecule has 2 aromatic rings. The van der Waals surface area contributed by atoms with Crippen LogP contribution in [-0.2, 0) is 16.9 Å². The molecule has 2 rings (SSSR count). The fraction of sp³-hybridized carbons (Fsp3) is 0.500. The first kappa shape index (κ1) is 16.3. The van der Waals surface area contributed by atoms with Crippen molar-refractivity contribution in [2.75, 3.05) is 5.75 Å². The van der Waals surface area contributed by atoms with Gasteiger partial charge in [-0.25, -0.2) is 4.68 Å². The molecule has 2 heterocycles. The van der Waals surface area contributed by atoms with Crippen molar-refractivity contribution in [3.8, 4) is 0 Å². The highest BCUT2D eigenvalue weighted by atomic mass is 35.5. The number of nitrogens with zero attached hydrogens (tertiary/aromatic N) is 4. The van der Waals surface area contributed by atoms with Crippen LogP contribution in [0.1, 0.15) is 25.6 Å². The fourth-order valence-corrected chi connectivity index (χ4v) is 3.42. The normalized spacial score (nSPS) is 11.6. The number of thiophene rings is 1. The van der Waals surface area contributed by atoms with E-state index in [2.05, 4.69) is 20.8 Å². The zero-order chi connectivity index (χ0) is 15.5. The molecule has 1 amide bonds. The summed E-state index contributed by atoms with van der Waals surface area (Å²) in [5, 5.41) is 15.0. The summed E-state index contributed by atoms with van der Waals surface area (Å²) in [6, 6.07) is 3.72. The highest BCUT2D eigenvalue weighted by Crippen LogP contribution is 2.22. The molecule has 114 valence electrons. The Balaban J connectivity index is 1.83. The number of tetrazole rings is 1. The Morgan fingerprint density at radius 2 is 2.24 bits per heavy atom. The molecule has 2 aromatic heterocycles. The Bertz CT molecular complexity index is 619. The van der Waals surface area contributed by atoms with Gasteiger partial charge in [0.2, 0.25) is 11.1 Å². The van der Waals surface area contributed by atoms with Crippen LogP contribution in [0.3, 0.4) is 0 Å².